The average Bonchev–Trinajstić information content (AvgIpc) is 2.94. The fourth-order valence-electron chi connectivity index (χ4n) is 2.31. The molecule has 0 fully saturated rings. The van der Waals surface area contributed by atoms with Gasteiger partial charge in [0.25, 0.3) is 5.56 Å². The lowest BCUT2D eigenvalue weighted by Gasteiger charge is -2.13. The summed E-state index contributed by atoms with van der Waals surface area (Å²) < 4.78 is 6.22. The van der Waals surface area contributed by atoms with Crippen LogP contribution in [0, 0.1) is 0 Å². The number of amides is 1. The number of methoxy groups -OCH3 is 1. The summed E-state index contributed by atoms with van der Waals surface area (Å²) in [5.41, 5.74) is 5.95. The lowest BCUT2D eigenvalue weighted by atomic mass is 10.1. The van der Waals surface area contributed by atoms with Crippen LogP contribution in [-0.4, -0.2) is 33.8 Å². The third-order valence-corrected chi connectivity index (χ3v) is 3.81. The number of benzene rings is 1. The van der Waals surface area contributed by atoms with Crippen molar-refractivity contribution in [1.29, 1.82) is 0 Å². The summed E-state index contributed by atoms with van der Waals surface area (Å²) in [5.74, 6) is -1.34. The van der Waals surface area contributed by atoms with E-state index in [0.29, 0.717) is 5.69 Å². The third-order valence-electron chi connectivity index (χ3n) is 3.48. The van der Waals surface area contributed by atoms with Crippen LogP contribution < -0.4 is 11.3 Å². The van der Waals surface area contributed by atoms with E-state index < -0.39 is 17.4 Å². The Kier molecular flexibility index (Phi) is 3.82. The molecule has 0 bridgehead atoms. The fraction of sp³-hybridized carbons (Fsp3) is 0.0667. The number of aromatic amines is 1. The minimum Gasteiger partial charge on any atom is -0.465 e. The molecule has 3 N–H and O–H groups in total. The molecule has 0 aromatic heterocycles. The lowest BCUT2D eigenvalue weighted by Crippen LogP contribution is -2.14. The number of hydrogen-bond acceptors (Lipinski definition) is 5. The molecule has 0 radical (unpaired) electrons. The van der Waals surface area contributed by atoms with Gasteiger partial charge in [0.15, 0.2) is 0 Å². The first-order valence-corrected chi connectivity index (χ1v) is 7.08. The highest BCUT2D eigenvalue weighted by atomic mass is 35.5. The van der Waals surface area contributed by atoms with Crippen LogP contribution in [0.3, 0.4) is 0 Å². The second-order valence-corrected chi connectivity index (χ2v) is 5.32. The number of carbonyl (C=O) groups is 2. The molecule has 0 spiro atoms. The van der Waals surface area contributed by atoms with Gasteiger partial charge < -0.3 is 15.0 Å². The molecule has 0 aliphatic carbocycles. The van der Waals surface area contributed by atoms with Crippen LogP contribution in [0.2, 0.25) is 5.02 Å². The number of fused-ring (bicyclic) bond motifs is 1. The van der Waals surface area contributed by atoms with Gasteiger partial charge in [-0.3, -0.25) is 9.59 Å². The molecule has 24 heavy (non-hydrogen) atoms. The Labute approximate surface area is 140 Å². The number of primary amides is 1. The number of nitrogens with two attached hydrogens (primary N) is 1. The Morgan fingerprint density at radius 3 is 2.71 bits per heavy atom. The number of carbonyl (C=O) groups excluding carboxylic acids is 2. The van der Waals surface area contributed by atoms with Gasteiger partial charge in [-0.25, -0.2) is 9.89 Å². The van der Waals surface area contributed by atoms with Crippen molar-refractivity contribution < 1.29 is 14.3 Å². The molecular formula is C15H11ClN4O4. The van der Waals surface area contributed by atoms with E-state index in [1.807, 2.05) is 0 Å². The molecule has 2 aliphatic rings. The first-order valence-electron chi connectivity index (χ1n) is 6.71. The Bertz CT molecular complexity index is 991. The van der Waals surface area contributed by atoms with Crippen molar-refractivity contribution in [3.63, 3.8) is 0 Å². The Hall–Kier alpha value is -3.13. The smallest absolute Gasteiger partial charge is 0.341 e. The molecule has 0 atom stereocenters. The van der Waals surface area contributed by atoms with Gasteiger partial charge in [0.05, 0.1) is 23.3 Å². The summed E-state index contributed by atoms with van der Waals surface area (Å²) in [6.45, 7) is 0. The summed E-state index contributed by atoms with van der Waals surface area (Å²) in [6, 6.07) is 4.58. The molecule has 1 aromatic carbocycles. The van der Waals surface area contributed by atoms with Crippen molar-refractivity contribution in [3.05, 3.63) is 57.1 Å². The molecule has 1 aromatic rings. The number of ether oxygens (including phenoxy) is 1. The van der Waals surface area contributed by atoms with Gasteiger partial charge in [-0.1, -0.05) is 11.6 Å². The number of halogens is 1. The SMILES string of the molecule is COC(=O)c1cn(-c2ccc(Cl)c(C(N)=O)c2)cc2c(=O)[nH]nc1-2. The van der Waals surface area contributed by atoms with Gasteiger partial charge in [-0.15, -0.1) is 0 Å². The van der Waals surface area contributed by atoms with Gasteiger partial charge in [-0.05, 0) is 18.2 Å². The molecule has 0 saturated carbocycles. The maximum absolute atomic E-state index is 12.0. The summed E-state index contributed by atoms with van der Waals surface area (Å²) >= 11 is 5.94. The number of H-pyrrole nitrogens is 1. The molecule has 2 aliphatic heterocycles. The van der Waals surface area contributed by atoms with Crippen LogP contribution in [0.25, 0.3) is 16.9 Å². The minimum atomic E-state index is -0.690. The average molecular weight is 347 g/mol. The summed E-state index contributed by atoms with van der Waals surface area (Å²) in [7, 11) is 1.23. The van der Waals surface area contributed by atoms with E-state index in [1.54, 1.807) is 6.07 Å². The van der Waals surface area contributed by atoms with Crippen molar-refractivity contribution in [2.24, 2.45) is 5.73 Å². The predicted molar refractivity (Wildman–Crippen MR) is 85.7 cm³/mol. The Balaban J connectivity index is 2.27. The van der Waals surface area contributed by atoms with Crippen molar-refractivity contribution in [1.82, 2.24) is 14.8 Å². The quantitative estimate of drug-likeness (QED) is 0.690. The summed E-state index contributed by atoms with van der Waals surface area (Å²) in [5, 5.41) is 6.33. The summed E-state index contributed by atoms with van der Waals surface area (Å²) in [4.78, 5) is 35.3. The number of aromatic nitrogens is 3. The maximum atomic E-state index is 12.0. The van der Waals surface area contributed by atoms with Gasteiger partial charge >= 0.3 is 5.97 Å². The third kappa shape index (κ3) is 2.52. The molecule has 1 amide bonds. The highest BCUT2D eigenvalue weighted by molar-refractivity contribution is 6.33. The van der Waals surface area contributed by atoms with Crippen LogP contribution in [0.5, 0.6) is 0 Å². The standard InChI is InChI=1S/C15H11ClN4O4/c1-24-15(23)10-6-20(5-9-12(10)18-19-14(9)22)7-2-3-11(16)8(4-7)13(17)21/h2-6H,1H3,(H2,17,21)(H,19,22). The number of esters is 1. The van der Waals surface area contributed by atoms with Crippen molar-refractivity contribution in [2.75, 3.05) is 7.11 Å². The van der Waals surface area contributed by atoms with E-state index >= 15 is 0 Å². The summed E-state index contributed by atoms with van der Waals surface area (Å²) in [6.07, 6.45) is 2.93. The second kappa shape index (κ2) is 5.82. The first kappa shape index (κ1) is 15.8. The van der Waals surface area contributed by atoms with Gasteiger partial charge in [0.1, 0.15) is 11.3 Å². The van der Waals surface area contributed by atoms with E-state index in [4.69, 9.17) is 22.1 Å². The van der Waals surface area contributed by atoms with E-state index in [9.17, 15) is 14.4 Å². The normalized spacial score (nSPS) is 10.8. The predicted octanol–water partition coefficient (Wildman–Crippen LogP) is 1.20. The van der Waals surface area contributed by atoms with Crippen molar-refractivity contribution >= 4 is 23.5 Å². The van der Waals surface area contributed by atoms with Crippen LogP contribution in [0.4, 0.5) is 0 Å². The molecule has 8 nitrogen and oxygen atoms in total. The van der Waals surface area contributed by atoms with E-state index in [2.05, 4.69) is 10.2 Å². The number of hydrogen-bond donors (Lipinski definition) is 2. The van der Waals surface area contributed by atoms with Gasteiger partial charge in [0.2, 0.25) is 5.91 Å². The van der Waals surface area contributed by atoms with Gasteiger partial charge in [-0.2, -0.15) is 5.10 Å². The molecule has 0 unspecified atom stereocenters. The highest BCUT2D eigenvalue weighted by Gasteiger charge is 2.22. The van der Waals surface area contributed by atoms with Crippen molar-refractivity contribution in [3.8, 4) is 16.9 Å². The zero-order chi connectivity index (χ0) is 17.4. The van der Waals surface area contributed by atoms with Crippen LogP contribution in [0.1, 0.15) is 20.7 Å². The second-order valence-electron chi connectivity index (χ2n) is 4.91. The van der Waals surface area contributed by atoms with E-state index in [0.717, 1.165) is 0 Å². The number of nitrogens with zero attached hydrogens (tertiary/aromatic N) is 2. The molecule has 3 rings (SSSR count). The molecular weight excluding hydrogens is 336 g/mol. The van der Waals surface area contributed by atoms with Gasteiger partial charge in [0, 0.05) is 18.1 Å². The molecule has 0 saturated heterocycles. The van der Waals surface area contributed by atoms with Crippen LogP contribution >= 0.6 is 11.6 Å². The highest BCUT2D eigenvalue weighted by Crippen LogP contribution is 2.25. The largest absolute Gasteiger partial charge is 0.465 e. The van der Waals surface area contributed by atoms with Crippen LogP contribution in [-0.2, 0) is 4.74 Å². The fourth-order valence-corrected chi connectivity index (χ4v) is 2.52. The topological polar surface area (TPSA) is 120 Å². The minimum absolute atomic E-state index is 0.101. The molecule has 2 heterocycles. The van der Waals surface area contributed by atoms with E-state index in [-0.39, 0.29) is 27.4 Å². The van der Waals surface area contributed by atoms with Crippen LogP contribution in [0.15, 0.2) is 35.4 Å². The molecule has 9 heteroatoms. The maximum Gasteiger partial charge on any atom is 0.341 e. The van der Waals surface area contributed by atoms with E-state index in [1.165, 1.54) is 36.2 Å². The zero-order valence-electron chi connectivity index (χ0n) is 12.4. The number of rotatable bonds is 3. The molecule has 122 valence electrons. The van der Waals surface area contributed by atoms with Crippen molar-refractivity contribution in [2.45, 2.75) is 0 Å². The Morgan fingerprint density at radius 2 is 2.04 bits per heavy atom. The zero-order valence-corrected chi connectivity index (χ0v) is 13.1. The monoisotopic (exact) mass is 346 g/mol. The Morgan fingerprint density at radius 1 is 1.29 bits per heavy atom. The lowest BCUT2D eigenvalue weighted by molar-refractivity contribution is 0.0600. The first-order chi connectivity index (χ1) is 11.4. The number of pyridine rings is 1. The number of nitrogens with one attached hydrogen (secondary N) is 1.